The molecule has 2 aromatic heterocycles. The third-order valence-electron chi connectivity index (χ3n) is 1.81. The van der Waals surface area contributed by atoms with Gasteiger partial charge >= 0.3 is 6.01 Å². The van der Waals surface area contributed by atoms with Crippen LogP contribution in [-0.4, -0.2) is 21.0 Å². The Morgan fingerprint density at radius 2 is 2.24 bits per heavy atom. The second kappa shape index (κ2) is 4.68. The summed E-state index contributed by atoms with van der Waals surface area (Å²) in [6, 6.07) is 1.41. The molecule has 2 aromatic rings. The minimum absolute atomic E-state index is 0.0126. The van der Waals surface area contributed by atoms with E-state index in [-0.39, 0.29) is 21.8 Å². The summed E-state index contributed by atoms with van der Waals surface area (Å²) in [4.78, 5) is 19.3. The first-order chi connectivity index (χ1) is 8.06. The molecule has 0 aliphatic rings. The highest BCUT2D eigenvalue weighted by atomic mass is 35.5. The van der Waals surface area contributed by atoms with Gasteiger partial charge in [0.15, 0.2) is 5.82 Å². The summed E-state index contributed by atoms with van der Waals surface area (Å²) in [5.74, 6) is -0.0349. The zero-order chi connectivity index (χ0) is 12.4. The van der Waals surface area contributed by atoms with E-state index in [0.29, 0.717) is 5.82 Å². The van der Waals surface area contributed by atoms with E-state index in [9.17, 15) is 4.79 Å². The van der Waals surface area contributed by atoms with E-state index >= 15 is 0 Å². The second-order valence-electron chi connectivity index (χ2n) is 3.10. The third kappa shape index (κ3) is 2.72. The van der Waals surface area contributed by atoms with E-state index < -0.39 is 5.91 Å². The minimum Gasteiger partial charge on any atom is -0.315 e. The second-order valence-corrected chi connectivity index (χ2v) is 3.86. The van der Waals surface area contributed by atoms with Crippen LogP contribution in [0.25, 0.3) is 0 Å². The maximum Gasteiger partial charge on any atom is 0.328 e. The molecule has 0 spiro atoms. The molecule has 2 heterocycles. The summed E-state index contributed by atoms with van der Waals surface area (Å²) >= 11 is 11.4. The molecule has 0 bridgehead atoms. The molecule has 1 N–H and O–H groups in total. The SMILES string of the molecule is Cc1noc(NC(=O)c2cnc(Cl)c(Cl)c2)n1. The Bertz CT molecular complexity index is 570. The first-order valence-corrected chi connectivity index (χ1v) is 5.24. The molecular formula is C9H6Cl2N4O2. The molecular weight excluding hydrogens is 267 g/mol. The number of nitrogens with one attached hydrogen (secondary N) is 1. The first-order valence-electron chi connectivity index (χ1n) is 4.49. The van der Waals surface area contributed by atoms with Gasteiger partial charge in [-0.1, -0.05) is 28.4 Å². The van der Waals surface area contributed by atoms with Crippen LogP contribution in [0.2, 0.25) is 10.2 Å². The number of carbonyl (C=O) groups is 1. The van der Waals surface area contributed by atoms with Crippen molar-refractivity contribution in [3.05, 3.63) is 33.8 Å². The van der Waals surface area contributed by atoms with Gasteiger partial charge in [0.05, 0.1) is 10.6 Å². The van der Waals surface area contributed by atoms with Gasteiger partial charge in [-0.3, -0.25) is 10.1 Å². The Hall–Kier alpha value is -1.66. The lowest BCUT2D eigenvalue weighted by molar-refractivity contribution is 0.102. The van der Waals surface area contributed by atoms with E-state index in [0.717, 1.165) is 0 Å². The van der Waals surface area contributed by atoms with Crippen LogP contribution in [-0.2, 0) is 0 Å². The largest absolute Gasteiger partial charge is 0.328 e. The molecule has 0 unspecified atom stereocenters. The standard InChI is InChI=1S/C9H6Cl2N4O2/c1-4-13-9(17-15-4)14-8(16)5-2-6(10)7(11)12-3-5/h2-3H,1H3,(H,13,14,15,16). The van der Waals surface area contributed by atoms with Crippen LogP contribution in [0.15, 0.2) is 16.8 Å². The van der Waals surface area contributed by atoms with Gasteiger partial charge in [0, 0.05) is 6.20 Å². The Morgan fingerprint density at radius 3 is 2.82 bits per heavy atom. The van der Waals surface area contributed by atoms with Crippen molar-refractivity contribution in [3.8, 4) is 0 Å². The molecule has 17 heavy (non-hydrogen) atoms. The van der Waals surface area contributed by atoms with Gasteiger partial charge in [-0.15, -0.1) is 0 Å². The normalized spacial score (nSPS) is 10.3. The average molecular weight is 273 g/mol. The zero-order valence-corrected chi connectivity index (χ0v) is 10.1. The molecule has 0 saturated heterocycles. The van der Waals surface area contributed by atoms with Crippen molar-refractivity contribution in [3.63, 3.8) is 0 Å². The number of nitrogens with zero attached hydrogens (tertiary/aromatic N) is 3. The monoisotopic (exact) mass is 272 g/mol. The van der Waals surface area contributed by atoms with Crippen LogP contribution in [0.1, 0.15) is 16.2 Å². The molecule has 0 aromatic carbocycles. The lowest BCUT2D eigenvalue weighted by Crippen LogP contribution is -2.12. The Balaban J connectivity index is 2.17. The number of amides is 1. The topological polar surface area (TPSA) is 80.9 Å². The first kappa shape index (κ1) is 11.8. The van der Waals surface area contributed by atoms with Gasteiger partial charge in [-0.05, 0) is 13.0 Å². The predicted molar refractivity (Wildman–Crippen MR) is 61.2 cm³/mol. The lowest BCUT2D eigenvalue weighted by atomic mass is 10.3. The average Bonchev–Trinajstić information content (AvgIpc) is 2.68. The summed E-state index contributed by atoms with van der Waals surface area (Å²) in [7, 11) is 0. The van der Waals surface area contributed by atoms with Crippen LogP contribution >= 0.6 is 23.2 Å². The Kier molecular flexibility index (Phi) is 3.26. The van der Waals surface area contributed by atoms with Crippen LogP contribution in [0.3, 0.4) is 0 Å². The van der Waals surface area contributed by atoms with Gasteiger partial charge in [-0.25, -0.2) is 4.98 Å². The van der Waals surface area contributed by atoms with Crippen molar-refractivity contribution in [1.29, 1.82) is 0 Å². The van der Waals surface area contributed by atoms with Crippen molar-refractivity contribution >= 4 is 35.1 Å². The summed E-state index contributed by atoms with van der Waals surface area (Å²) < 4.78 is 4.74. The molecule has 2 rings (SSSR count). The fraction of sp³-hybridized carbons (Fsp3) is 0.111. The van der Waals surface area contributed by atoms with E-state index in [1.165, 1.54) is 12.3 Å². The highest BCUT2D eigenvalue weighted by Gasteiger charge is 2.12. The number of carbonyl (C=O) groups excluding carboxylic acids is 1. The Labute approximate surface area is 106 Å². The maximum absolute atomic E-state index is 11.7. The lowest BCUT2D eigenvalue weighted by Gasteiger charge is -2.01. The molecule has 1 amide bonds. The highest BCUT2D eigenvalue weighted by molar-refractivity contribution is 6.41. The highest BCUT2D eigenvalue weighted by Crippen LogP contribution is 2.20. The van der Waals surface area contributed by atoms with E-state index in [2.05, 4.69) is 20.4 Å². The molecule has 88 valence electrons. The molecule has 8 heteroatoms. The summed E-state index contributed by atoms with van der Waals surface area (Å²) in [5.41, 5.74) is 0.246. The molecule has 0 atom stereocenters. The van der Waals surface area contributed by atoms with Crippen molar-refractivity contribution in [2.75, 3.05) is 5.32 Å². The van der Waals surface area contributed by atoms with Crippen molar-refractivity contribution < 1.29 is 9.32 Å². The van der Waals surface area contributed by atoms with Crippen molar-refractivity contribution in [2.24, 2.45) is 0 Å². The van der Waals surface area contributed by atoms with E-state index in [1.54, 1.807) is 6.92 Å². The smallest absolute Gasteiger partial charge is 0.315 e. The quantitative estimate of drug-likeness (QED) is 0.849. The van der Waals surface area contributed by atoms with Gasteiger partial charge < -0.3 is 4.52 Å². The van der Waals surface area contributed by atoms with Crippen LogP contribution < -0.4 is 5.32 Å². The van der Waals surface area contributed by atoms with Gasteiger partial charge in [0.25, 0.3) is 5.91 Å². The summed E-state index contributed by atoms with van der Waals surface area (Å²) in [5, 5.41) is 6.27. The molecule has 6 nitrogen and oxygen atoms in total. The van der Waals surface area contributed by atoms with E-state index in [1.807, 2.05) is 0 Å². The van der Waals surface area contributed by atoms with Gasteiger partial charge in [0.1, 0.15) is 5.15 Å². The minimum atomic E-state index is -0.459. The van der Waals surface area contributed by atoms with Crippen LogP contribution in [0.4, 0.5) is 6.01 Å². The van der Waals surface area contributed by atoms with Gasteiger partial charge in [0.2, 0.25) is 0 Å². The van der Waals surface area contributed by atoms with Crippen molar-refractivity contribution in [2.45, 2.75) is 6.92 Å². The zero-order valence-electron chi connectivity index (χ0n) is 8.57. The maximum atomic E-state index is 11.7. The molecule has 0 aliphatic carbocycles. The fourth-order valence-corrected chi connectivity index (χ4v) is 1.33. The van der Waals surface area contributed by atoms with Gasteiger partial charge in [-0.2, -0.15) is 4.98 Å². The number of aromatic nitrogens is 3. The number of hydrogen-bond donors (Lipinski definition) is 1. The molecule has 0 aliphatic heterocycles. The number of aryl methyl sites for hydroxylation is 1. The third-order valence-corrected chi connectivity index (χ3v) is 2.49. The number of anilines is 1. The summed E-state index contributed by atoms with van der Waals surface area (Å²) in [6.07, 6.45) is 1.30. The molecule has 0 fully saturated rings. The molecule has 0 radical (unpaired) electrons. The molecule has 0 saturated carbocycles. The fourth-order valence-electron chi connectivity index (χ4n) is 1.06. The van der Waals surface area contributed by atoms with E-state index in [4.69, 9.17) is 27.7 Å². The number of rotatable bonds is 2. The Morgan fingerprint density at radius 1 is 1.47 bits per heavy atom. The van der Waals surface area contributed by atoms with Crippen molar-refractivity contribution in [1.82, 2.24) is 15.1 Å². The number of hydrogen-bond acceptors (Lipinski definition) is 5. The summed E-state index contributed by atoms with van der Waals surface area (Å²) in [6.45, 7) is 1.64. The predicted octanol–water partition coefficient (Wildman–Crippen LogP) is 2.33. The van der Waals surface area contributed by atoms with Crippen LogP contribution in [0, 0.1) is 6.92 Å². The number of halogens is 2. The number of pyridine rings is 1. The van der Waals surface area contributed by atoms with Crippen LogP contribution in [0.5, 0.6) is 0 Å².